The molecular formula is C22H18ClF4N3O3S. The fourth-order valence-electron chi connectivity index (χ4n) is 3.98. The predicted molar refractivity (Wildman–Crippen MR) is 119 cm³/mol. The van der Waals surface area contributed by atoms with E-state index in [4.69, 9.17) is 11.6 Å². The van der Waals surface area contributed by atoms with E-state index in [9.17, 15) is 30.8 Å². The molecule has 1 N–H and O–H groups in total. The van der Waals surface area contributed by atoms with Gasteiger partial charge in [0.2, 0.25) is 0 Å². The van der Waals surface area contributed by atoms with Gasteiger partial charge in [-0.3, -0.25) is 9.78 Å². The minimum absolute atomic E-state index is 0.188. The quantitative estimate of drug-likeness (QED) is 0.498. The van der Waals surface area contributed by atoms with Crippen LogP contribution in [-0.4, -0.2) is 48.8 Å². The second kappa shape index (κ2) is 9.12. The van der Waals surface area contributed by atoms with Crippen LogP contribution in [-0.2, 0) is 10.0 Å². The van der Waals surface area contributed by atoms with Crippen molar-refractivity contribution < 1.29 is 30.8 Å². The minimum atomic E-state index is -5.51. The molecule has 12 heteroatoms. The average Bonchev–Trinajstić information content (AvgIpc) is 3.24. The van der Waals surface area contributed by atoms with Crippen LogP contribution in [0.4, 0.5) is 17.6 Å². The van der Waals surface area contributed by atoms with E-state index < -0.39 is 39.8 Å². The van der Waals surface area contributed by atoms with Gasteiger partial charge in [0.15, 0.2) is 0 Å². The van der Waals surface area contributed by atoms with Crippen molar-refractivity contribution in [3.8, 4) is 11.1 Å². The van der Waals surface area contributed by atoms with Gasteiger partial charge in [0.1, 0.15) is 5.82 Å². The number of hydrogen-bond donors (Lipinski definition) is 1. The second-order valence-electron chi connectivity index (χ2n) is 7.81. The predicted octanol–water partition coefficient (Wildman–Crippen LogP) is 4.74. The lowest BCUT2D eigenvalue weighted by Gasteiger charge is -2.25. The average molecular weight is 516 g/mol. The highest BCUT2D eigenvalue weighted by Gasteiger charge is 2.46. The Bertz CT molecular complexity index is 1370. The maximum Gasteiger partial charge on any atom is 0.511 e. The number of alkyl halides is 3. The molecule has 0 saturated carbocycles. The van der Waals surface area contributed by atoms with Crippen molar-refractivity contribution in [2.45, 2.75) is 24.4 Å². The molecule has 0 aliphatic carbocycles. The SMILES string of the molecule is O=C(c1ccnc2ccc(-c3ccc(F)cc3Cl)cc12)N1CCCC1CNS(=O)(=O)C(F)(F)F. The van der Waals surface area contributed by atoms with E-state index in [2.05, 4.69) is 4.98 Å². The van der Waals surface area contributed by atoms with E-state index in [1.807, 2.05) is 0 Å². The number of aromatic nitrogens is 1. The van der Waals surface area contributed by atoms with Crippen LogP contribution in [0.2, 0.25) is 5.02 Å². The number of nitrogens with zero attached hydrogens (tertiary/aromatic N) is 2. The van der Waals surface area contributed by atoms with Crippen LogP contribution in [0.1, 0.15) is 23.2 Å². The molecule has 34 heavy (non-hydrogen) atoms. The number of benzene rings is 2. The summed E-state index contributed by atoms with van der Waals surface area (Å²) < 4.78 is 75.7. The maximum absolute atomic E-state index is 13.4. The van der Waals surface area contributed by atoms with Gasteiger partial charge in [-0.15, -0.1) is 0 Å². The molecule has 0 spiro atoms. The van der Waals surface area contributed by atoms with E-state index in [1.165, 1.54) is 35.4 Å². The highest BCUT2D eigenvalue weighted by molar-refractivity contribution is 7.90. The Morgan fingerprint density at radius 2 is 1.94 bits per heavy atom. The second-order valence-corrected chi connectivity index (χ2v) is 9.97. The van der Waals surface area contributed by atoms with Gasteiger partial charge in [0.05, 0.1) is 16.1 Å². The number of hydrogen-bond acceptors (Lipinski definition) is 4. The number of carbonyl (C=O) groups is 1. The molecule has 180 valence electrons. The fourth-order valence-corrected chi connectivity index (χ4v) is 4.83. The van der Waals surface area contributed by atoms with E-state index in [0.717, 1.165) is 0 Å². The van der Waals surface area contributed by atoms with Crippen LogP contribution in [0.15, 0.2) is 48.7 Å². The maximum atomic E-state index is 13.4. The molecule has 2 aromatic carbocycles. The molecular weight excluding hydrogens is 498 g/mol. The number of fused-ring (bicyclic) bond motifs is 1. The summed E-state index contributed by atoms with van der Waals surface area (Å²) in [6, 6.07) is 9.81. The molecule has 0 radical (unpaired) electrons. The van der Waals surface area contributed by atoms with Crippen molar-refractivity contribution in [2.75, 3.05) is 13.1 Å². The topological polar surface area (TPSA) is 79.4 Å². The first-order chi connectivity index (χ1) is 16.0. The third-order valence-corrected chi connectivity index (χ3v) is 7.13. The molecule has 1 aromatic heterocycles. The number of halogens is 5. The Balaban J connectivity index is 1.65. The summed E-state index contributed by atoms with van der Waals surface area (Å²) in [5, 5.41) is 0.666. The Labute approximate surface area is 197 Å². The zero-order valence-corrected chi connectivity index (χ0v) is 19.0. The van der Waals surface area contributed by atoms with E-state index in [0.29, 0.717) is 34.9 Å². The molecule has 3 aromatic rings. The number of rotatable bonds is 5. The molecule has 1 aliphatic rings. The van der Waals surface area contributed by atoms with Crippen LogP contribution >= 0.6 is 11.6 Å². The Hall–Kier alpha value is -2.76. The molecule has 0 bridgehead atoms. The van der Waals surface area contributed by atoms with Crippen LogP contribution in [0.25, 0.3) is 22.0 Å². The minimum Gasteiger partial charge on any atom is -0.334 e. The fraction of sp³-hybridized carbons (Fsp3) is 0.273. The van der Waals surface area contributed by atoms with Crippen molar-refractivity contribution >= 4 is 38.4 Å². The van der Waals surface area contributed by atoms with Gasteiger partial charge in [-0.05, 0) is 54.8 Å². The van der Waals surface area contributed by atoms with Gasteiger partial charge in [-0.1, -0.05) is 17.7 Å². The van der Waals surface area contributed by atoms with Crippen molar-refractivity contribution in [3.05, 3.63) is 65.1 Å². The number of likely N-dealkylation sites (tertiary alicyclic amines) is 1. The Morgan fingerprint density at radius 1 is 1.18 bits per heavy atom. The van der Waals surface area contributed by atoms with Gasteiger partial charge in [-0.2, -0.15) is 13.2 Å². The molecule has 1 amide bonds. The first-order valence-corrected chi connectivity index (χ1v) is 12.0. The lowest BCUT2D eigenvalue weighted by Crippen LogP contribution is -2.46. The lowest BCUT2D eigenvalue weighted by atomic mass is 10.00. The van der Waals surface area contributed by atoms with Crippen molar-refractivity contribution in [2.24, 2.45) is 0 Å². The van der Waals surface area contributed by atoms with Crippen molar-refractivity contribution in [1.82, 2.24) is 14.6 Å². The molecule has 1 unspecified atom stereocenters. The molecule has 1 aliphatic heterocycles. The van der Waals surface area contributed by atoms with Gasteiger partial charge >= 0.3 is 15.5 Å². The molecule has 4 rings (SSSR count). The van der Waals surface area contributed by atoms with Gasteiger partial charge < -0.3 is 4.90 Å². The van der Waals surface area contributed by atoms with Crippen molar-refractivity contribution in [3.63, 3.8) is 0 Å². The van der Waals surface area contributed by atoms with E-state index >= 15 is 0 Å². The molecule has 6 nitrogen and oxygen atoms in total. The summed E-state index contributed by atoms with van der Waals surface area (Å²) in [5.74, 6) is -0.947. The largest absolute Gasteiger partial charge is 0.511 e. The zero-order valence-electron chi connectivity index (χ0n) is 17.4. The third-order valence-electron chi connectivity index (χ3n) is 5.67. The monoisotopic (exact) mass is 515 g/mol. The first kappa shape index (κ1) is 24.4. The number of carbonyl (C=O) groups excluding carboxylic acids is 1. The first-order valence-electron chi connectivity index (χ1n) is 10.2. The molecule has 1 fully saturated rings. The highest BCUT2D eigenvalue weighted by Crippen LogP contribution is 2.32. The standard InChI is InChI=1S/C22H18ClF4N3O3S/c23-19-11-14(24)4-5-16(19)13-3-6-20-18(10-13)17(7-8-28-20)21(31)30-9-1-2-15(30)12-29-34(32,33)22(25,26)27/h3-8,10-11,15,29H,1-2,9,12H2. The number of sulfonamides is 1. The smallest absolute Gasteiger partial charge is 0.334 e. The van der Waals surface area contributed by atoms with Crippen LogP contribution in [0, 0.1) is 5.82 Å². The summed E-state index contributed by atoms with van der Waals surface area (Å²) in [7, 11) is -5.51. The van der Waals surface area contributed by atoms with Gasteiger partial charge in [-0.25, -0.2) is 17.5 Å². The number of amides is 1. The van der Waals surface area contributed by atoms with Crippen molar-refractivity contribution in [1.29, 1.82) is 0 Å². The number of pyridine rings is 1. The van der Waals surface area contributed by atoms with E-state index in [1.54, 1.807) is 22.9 Å². The van der Waals surface area contributed by atoms with Gasteiger partial charge in [0.25, 0.3) is 5.91 Å². The molecule has 1 saturated heterocycles. The molecule has 1 atom stereocenters. The normalized spacial score (nSPS) is 16.9. The summed E-state index contributed by atoms with van der Waals surface area (Å²) in [6.07, 6.45) is 2.31. The summed E-state index contributed by atoms with van der Waals surface area (Å²) >= 11 is 6.18. The summed E-state index contributed by atoms with van der Waals surface area (Å²) in [5.41, 5.74) is -3.50. The molecule has 2 heterocycles. The highest BCUT2D eigenvalue weighted by atomic mass is 35.5. The zero-order chi connectivity index (χ0) is 24.7. The Morgan fingerprint density at radius 3 is 2.65 bits per heavy atom. The van der Waals surface area contributed by atoms with Crippen LogP contribution < -0.4 is 4.72 Å². The van der Waals surface area contributed by atoms with E-state index in [-0.39, 0.29) is 17.1 Å². The summed E-state index contributed by atoms with van der Waals surface area (Å²) in [4.78, 5) is 19.0. The van der Waals surface area contributed by atoms with Crippen LogP contribution in [0.5, 0.6) is 0 Å². The Kier molecular flexibility index (Phi) is 6.54. The third kappa shape index (κ3) is 4.73. The number of nitrogens with one attached hydrogen (secondary N) is 1. The lowest BCUT2D eigenvalue weighted by molar-refractivity contribution is -0.0448. The van der Waals surface area contributed by atoms with Crippen LogP contribution in [0.3, 0.4) is 0 Å². The van der Waals surface area contributed by atoms with Gasteiger partial charge in [0, 0.05) is 36.3 Å². The summed E-state index contributed by atoms with van der Waals surface area (Å²) in [6.45, 7) is -0.280.